The highest BCUT2D eigenvalue weighted by atomic mass is 79.9. The minimum absolute atomic E-state index is 0.0183. The van der Waals surface area contributed by atoms with Crippen LogP contribution in [-0.4, -0.2) is 34.0 Å². The van der Waals surface area contributed by atoms with E-state index in [9.17, 15) is 0 Å². The second kappa shape index (κ2) is 7.41. The first-order valence-corrected chi connectivity index (χ1v) is 10.7. The summed E-state index contributed by atoms with van der Waals surface area (Å²) in [5, 5.41) is 1.77. The molecule has 4 rings (SSSR count). The van der Waals surface area contributed by atoms with E-state index in [0.29, 0.717) is 11.1 Å². The van der Waals surface area contributed by atoms with Crippen LogP contribution in [0.1, 0.15) is 36.7 Å². The Bertz CT molecular complexity index is 848. The van der Waals surface area contributed by atoms with Gasteiger partial charge < -0.3 is 9.64 Å². The lowest BCUT2D eigenvalue weighted by Crippen LogP contribution is -2.35. The smallest absolute Gasteiger partial charge is 0.160 e. The zero-order valence-corrected chi connectivity index (χ0v) is 17.7. The van der Waals surface area contributed by atoms with Crippen molar-refractivity contribution in [3.05, 3.63) is 57.3 Å². The quantitative estimate of drug-likeness (QED) is 0.615. The molecule has 0 unspecified atom stereocenters. The SMILES string of the molecule is CC[C@@H]1CSC2=N[C@H](c3ccccn3)[C@@H](c3cc(Cl)cc(Br)c3OC)N21. The third-order valence-corrected chi connectivity index (χ3v) is 6.82. The summed E-state index contributed by atoms with van der Waals surface area (Å²) in [6.07, 6.45) is 2.90. The molecule has 1 saturated heterocycles. The number of nitrogens with zero attached hydrogens (tertiary/aromatic N) is 3. The number of methoxy groups -OCH3 is 1. The number of hydrogen-bond acceptors (Lipinski definition) is 5. The number of halogens is 2. The summed E-state index contributed by atoms with van der Waals surface area (Å²) in [5.41, 5.74) is 2.01. The molecule has 0 bridgehead atoms. The number of ether oxygens (including phenoxy) is 1. The largest absolute Gasteiger partial charge is 0.495 e. The van der Waals surface area contributed by atoms with Crippen molar-refractivity contribution < 1.29 is 4.74 Å². The van der Waals surface area contributed by atoms with E-state index in [2.05, 4.69) is 32.7 Å². The Labute approximate surface area is 171 Å². The summed E-state index contributed by atoms with van der Waals surface area (Å²) < 4.78 is 6.59. The Morgan fingerprint density at radius 2 is 2.23 bits per heavy atom. The molecule has 0 aliphatic carbocycles. The third kappa shape index (κ3) is 3.02. The zero-order valence-electron chi connectivity index (χ0n) is 14.5. The predicted molar refractivity (Wildman–Crippen MR) is 111 cm³/mol. The molecular formula is C19H19BrClN3OS. The summed E-state index contributed by atoms with van der Waals surface area (Å²) in [4.78, 5) is 12.1. The lowest BCUT2D eigenvalue weighted by Gasteiger charge is -2.33. The van der Waals surface area contributed by atoms with Crippen molar-refractivity contribution >= 4 is 44.5 Å². The number of amidine groups is 1. The fraction of sp³-hybridized carbons (Fsp3) is 0.368. The second-order valence-corrected chi connectivity index (χ2v) is 8.62. The molecule has 3 atom stereocenters. The summed E-state index contributed by atoms with van der Waals surface area (Å²) in [6, 6.07) is 10.2. The molecule has 4 nitrogen and oxygen atoms in total. The highest BCUT2D eigenvalue weighted by molar-refractivity contribution is 9.10. The van der Waals surface area contributed by atoms with Gasteiger partial charge in [0.1, 0.15) is 11.8 Å². The molecule has 2 aromatic rings. The lowest BCUT2D eigenvalue weighted by atomic mass is 9.94. The van der Waals surface area contributed by atoms with E-state index in [1.54, 1.807) is 7.11 Å². The second-order valence-electron chi connectivity index (χ2n) is 6.35. The molecule has 0 N–H and O–H groups in total. The summed E-state index contributed by atoms with van der Waals surface area (Å²) in [7, 11) is 1.69. The number of fused-ring (bicyclic) bond motifs is 1. The Balaban J connectivity index is 1.88. The first-order valence-electron chi connectivity index (χ1n) is 8.56. The van der Waals surface area contributed by atoms with Crippen LogP contribution in [0.15, 0.2) is 46.0 Å². The van der Waals surface area contributed by atoms with Crippen LogP contribution < -0.4 is 4.74 Å². The molecule has 136 valence electrons. The van der Waals surface area contributed by atoms with Gasteiger partial charge in [-0.15, -0.1) is 0 Å². The molecule has 26 heavy (non-hydrogen) atoms. The van der Waals surface area contributed by atoms with E-state index in [1.807, 2.05) is 48.3 Å². The Kier molecular flexibility index (Phi) is 5.17. The molecule has 3 heterocycles. The average molecular weight is 453 g/mol. The van der Waals surface area contributed by atoms with E-state index < -0.39 is 0 Å². The normalized spacial score (nSPS) is 24.5. The van der Waals surface area contributed by atoms with E-state index in [4.69, 9.17) is 21.3 Å². The standard InChI is InChI=1S/C19H19BrClN3OS/c1-3-12-10-26-19-23-16(15-6-4-5-7-22-15)17(24(12)19)13-8-11(21)9-14(20)18(13)25-2/h4-9,12,16-17H,3,10H2,1-2H3/t12-,16-,17-/m1/s1. The van der Waals surface area contributed by atoms with Gasteiger partial charge in [-0.25, -0.2) is 0 Å². The van der Waals surface area contributed by atoms with Crippen LogP contribution in [0.5, 0.6) is 5.75 Å². The number of rotatable bonds is 4. The van der Waals surface area contributed by atoms with E-state index in [1.165, 1.54) is 0 Å². The van der Waals surface area contributed by atoms with Crippen molar-refractivity contribution in [1.29, 1.82) is 0 Å². The highest BCUT2D eigenvalue weighted by Gasteiger charge is 2.46. The van der Waals surface area contributed by atoms with E-state index in [0.717, 1.165) is 38.8 Å². The lowest BCUT2D eigenvalue weighted by molar-refractivity contribution is 0.249. The molecule has 0 radical (unpaired) electrons. The molecule has 1 fully saturated rings. The molecule has 1 aromatic heterocycles. The van der Waals surface area contributed by atoms with Crippen molar-refractivity contribution in [3.8, 4) is 5.75 Å². The maximum Gasteiger partial charge on any atom is 0.160 e. The van der Waals surface area contributed by atoms with Crippen molar-refractivity contribution in [3.63, 3.8) is 0 Å². The summed E-state index contributed by atoms with van der Waals surface area (Å²) in [6.45, 7) is 2.23. The molecule has 1 aromatic carbocycles. The molecule has 0 spiro atoms. The summed E-state index contributed by atoms with van der Waals surface area (Å²) in [5.74, 6) is 1.87. The Morgan fingerprint density at radius 3 is 2.92 bits per heavy atom. The number of aliphatic imine (C=N–C) groups is 1. The first-order chi connectivity index (χ1) is 12.6. The Hall–Kier alpha value is -1.24. The highest BCUT2D eigenvalue weighted by Crippen LogP contribution is 2.52. The van der Waals surface area contributed by atoms with Gasteiger partial charge >= 0.3 is 0 Å². The van der Waals surface area contributed by atoms with Crippen molar-refractivity contribution in [2.75, 3.05) is 12.9 Å². The van der Waals surface area contributed by atoms with Gasteiger partial charge in [-0.3, -0.25) is 9.98 Å². The van der Waals surface area contributed by atoms with Gasteiger partial charge in [0.2, 0.25) is 0 Å². The van der Waals surface area contributed by atoms with Gasteiger partial charge in [-0.1, -0.05) is 36.4 Å². The fourth-order valence-corrected chi connectivity index (χ4v) is 6.04. The predicted octanol–water partition coefficient (Wildman–Crippen LogP) is 5.49. The number of pyridine rings is 1. The van der Waals surface area contributed by atoms with Crippen molar-refractivity contribution in [1.82, 2.24) is 9.88 Å². The summed E-state index contributed by atoms with van der Waals surface area (Å²) >= 11 is 11.8. The van der Waals surface area contributed by atoms with Crippen LogP contribution in [0.25, 0.3) is 0 Å². The van der Waals surface area contributed by atoms with Gasteiger partial charge in [0, 0.05) is 28.6 Å². The number of hydrogen-bond donors (Lipinski definition) is 0. The van der Waals surface area contributed by atoms with E-state index >= 15 is 0 Å². The molecule has 2 aliphatic rings. The van der Waals surface area contributed by atoms with Crippen LogP contribution >= 0.6 is 39.3 Å². The Morgan fingerprint density at radius 1 is 1.38 bits per heavy atom. The molecule has 2 aliphatic heterocycles. The fourth-order valence-electron chi connectivity index (χ4n) is 3.70. The van der Waals surface area contributed by atoms with Crippen LogP contribution in [0, 0.1) is 0 Å². The van der Waals surface area contributed by atoms with Crippen molar-refractivity contribution in [2.24, 2.45) is 4.99 Å². The van der Waals surface area contributed by atoms with Gasteiger partial charge in [-0.2, -0.15) is 0 Å². The van der Waals surface area contributed by atoms with Crippen LogP contribution in [0.2, 0.25) is 5.02 Å². The van der Waals surface area contributed by atoms with Gasteiger partial charge in [-0.05, 0) is 46.6 Å². The third-order valence-electron chi connectivity index (χ3n) is 4.89. The monoisotopic (exact) mass is 451 g/mol. The topological polar surface area (TPSA) is 37.7 Å². The molecule has 0 amide bonds. The maximum absolute atomic E-state index is 6.40. The van der Waals surface area contributed by atoms with Crippen LogP contribution in [0.3, 0.4) is 0 Å². The number of aromatic nitrogens is 1. The average Bonchev–Trinajstić information content (AvgIpc) is 3.20. The first kappa shape index (κ1) is 18.1. The van der Waals surface area contributed by atoms with E-state index in [-0.39, 0.29) is 12.1 Å². The molecule has 0 saturated carbocycles. The zero-order chi connectivity index (χ0) is 18.3. The molecule has 7 heteroatoms. The number of thioether (sulfide) groups is 1. The van der Waals surface area contributed by atoms with Crippen LogP contribution in [0.4, 0.5) is 0 Å². The minimum atomic E-state index is -0.0766. The minimum Gasteiger partial charge on any atom is -0.495 e. The number of benzene rings is 1. The van der Waals surface area contributed by atoms with Gasteiger partial charge in [0.25, 0.3) is 0 Å². The maximum atomic E-state index is 6.40. The van der Waals surface area contributed by atoms with Gasteiger partial charge in [0.05, 0.1) is 23.3 Å². The van der Waals surface area contributed by atoms with Gasteiger partial charge in [0.15, 0.2) is 5.17 Å². The molecular weight excluding hydrogens is 434 g/mol. The van der Waals surface area contributed by atoms with Crippen LogP contribution in [-0.2, 0) is 0 Å². The van der Waals surface area contributed by atoms with Crippen molar-refractivity contribution in [2.45, 2.75) is 31.5 Å².